The molecule has 0 aromatic heterocycles. The first-order chi connectivity index (χ1) is 5.31. The molecule has 0 heterocycles. The van der Waals surface area contributed by atoms with Crippen LogP contribution in [0.15, 0.2) is 35.2 Å². The lowest BCUT2D eigenvalue weighted by Crippen LogP contribution is -2.00. The zero-order valence-electron chi connectivity index (χ0n) is 6.33. The number of aliphatic imine (C=N–C) groups is 2. The zero-order valence-corrected chi connectivity index (χ0v) is 6.33. The van der Waals surface area contributed by atoms with Gasteiger partial charge in [-0.2, -0.15) is 0 Å². The summed E-state index contributed by atoms with van der Waals surface area (Å²) >= 11 is 0. The molecule has 0 amide bonds. The third-order valence-corrected chi connectivity index (χ3v) is 0.777. The molecule has 0 bridgehead atoms. The molecule has 0 unspecified atom stereocenters. The Bertz CT molecular complexity index is 181. The van der Waals surface area contributed by atoms with Crippen LogP contribution < -0.4 is 11.1 Å². The van der Waals surface area contributed by atoms with Gasteiger partial charge in [0.15, 0.2) is 0 Å². The average Bonchev–Trinajstić information content (AvgIpc) is 1.99. The van der Waals surface area contributed by atoms with Crippen molar-refractivity contribution in [3.63, 3.8) is 0 Å². The van der Waals surface area contributed by atoms with Crippen LogP contribution in [-0.2, 0) is 0 Å². The molecule has 0 aliphatic heterocycles. The monoisotopic (exact) mass is 152 g/mol. The first-order valence-electron chi connectivity index (χ1n) is 3.10. The number of nitrogens with two attached hydrogens (primary N) is 1. The van der Waals surface area contributed by atoms with Gasteiger partial charge in [0.2, 0.25) is 0 Å². The van der Waals surface area contributed by atoms with Gasteiger partial charge in [-0.15, -0.1) is 0 Å². The fourth-order valence-electron chi connectivity index (χ4n) is 0.386. The van der Waals surface area contributed by atoms with Crippen molar-refractivity contribution in [3.8, 4) is 0 Å². The Hall–Kier alpha value is -1.42. The molecular weight excluding hydrogens is 140 g/mol. The van der Waals surface area contributed by atoms with Crippen LogP contribution in [0.1, 0.15) is 0 Å². The van der Waals surface area contributed by atoms with Gasteiger partial charge in [0.1, 0.15) is 5.82 Å². The Kier molecular flexibility index (Phi) is 5.83. The van der Waals surface area contributed by atoms with Crippen molar-refractivity contribution in [2.75, 3.05) is 6.67 Å². The molecule has 0 aromatic carbocycles. The van der Waals surface area contributed by atoms with E-state index >= 15 is 0 Å². The van der Waals surface area contributed by atoms with E-state index in [1.807, 2.05) is 0 Å². The van der Waals surface area contributed by atoms with Crippen LogP contribution in [0.2, 0.25) is 0 Å². The van der Waals surface area contributed by atoms with Crippen LogP contribution in [-0.4, -0.2) is 19.1 Å². The third-order valence-electron chi connectivity index (χ3n) is 0.777. The number of rotatable bonds is 5. The standard InChI is InChI=1S/C7H12N4/c1-3-10-7(2)11-5-4-9-6-8/h3-5,10H,1-2,6,8H2/b9-4-,11-5-. The smallest absolute Gasteiger partial charge is 0.122 e. The number of nitrogens with one attached hydrogen (secondary N) is 1. The molecule has 4 heteroatoms. The fraction of sp³-hybridized carbons (Fsp3) is 0.143. The van der Waals surface area contributed by atoms with Crippen LogP contribution in [0.3, 0.4) is 0 Å². The molecule has 0 rings (SSSR count). The number of hydrogen-bond acceptors (Lipinski definition) is 4. The highest BCUT2D eigenvalue weighted by Crippen LogP contribution is 1.81. The van der Waals surface area contributed by atoms with Crippen LogP contribution in [0.4, 0.5) is 0 Å². The molecule has 0 aliphatic rings. The summed E-state index contributed by atoms with van der Waals surface area (Å²) in [4.78, 5) is 7.56. The van der Waals surface area contributed by atoms with Crippen molar-refractivity contribution in [1.82, 2.24) is 5.32 Å². The molecular formula is C7H12N4. The summed E-state index contributed by atoms with van der Waals surface area (Å²) in [6.45, 7) is 7.29. The highest BCUT2D eigenvalue weighted by Gasteiger charge is 1.77. The maximum Gasteiger partial charge on any atom is 0.122 e. The van der Waals surface area contributed by atoms with E-state index < -0.39 is 0 Å². The van der Waals surface area contributed by atoms with E-state index in [-0.39, 0.29) is 6.67 Å². The van der Waals surface area contributed by atoms with Gasteiger partial charge in [0.05, 0.1) is 6.67 Å². The maximum absolute atomic E-state index is 5.09. The normalized spacial score (nSPS) is 10.6. The Morgan fingerprint density at radius 2 is 2.27 bits per heavy atom. The van der Waals surface area contributed by atoms with E-state index in [2.05, 4.69) is 28.5 Å². The molecule has 4 nitrogen and oxygen atoms in total. The lowest BCUT2D eigenvalue weighted by atomic mass is 10.7. The highest BCUT2D eigenvalue weighted by atomic mass is 15.0. The minimum atomic E-state index is 0.271. The lowest BCUT2D eigenvalue weighted by Gasteiger charge is -1.93. The van der Waals surface area contributed by atoms with Crippen LogP contribution in [0.5, 0.6) is 0 Å². The van der Waals surface area contributed by atoms with Crippen molar-refractivity contribution in [2.24, 2.45) is 15.7 Å². The van der Waals surface area contributed by atoms with Crippen molar-refractivity contribution in [1.29, 1.82) is 0 Å². The SMILES string of the molecule is C=CNC(=C)/N=C\C=N/CN. The van der Waals surface area contributed by atoms with Crippen molar-refractivity contribution < 1.29 is 0 Å². The summed E-state index contributed by atoms with van der Waals surface area (Å²) in [5, 5.41) is 2.70. The predicted octanol–water partition coefficient (Wildman–Crippen LogP) is 0.248. The Morgan fingerprint density at radius 1 is 1.55 bits per heavy atom. The summed E-state index contributed by atoms with van der Waals surface area (Å²) in [5.41, 5.74) is 5.09. The van der Waals surface area contributed by atoms with E-state index in [0.717, 1.165) is 0 Å². The summed E-state index contributed by atoms with van der Waals surface area (Å²) in [6, 6.07) is 0. The van der Waals surface area contributed by atoms with Gasteiger partial charge < -0.3 is 11.1 Å². The maximum atomic E-state index is 5.09. The van der Waals surface area contributed by atoms with Crippen molar-refractivity contribution in [2.45, 2.75) is 0 Å². The third kappa shape index (κ3) is 6.47. The van der Waals surface area contributed by atoms with Gasteiger partial charge in [0, 0.05) is 12.4 Å². The van der Waals surface area contributed by atoms with E-state index in [9.17, 15) is 0 Å². The number of nitrogens with zero attached hydrogens (tertiary/aromatic N) is 2. The summed E-state index contributed by atoms with van der Waals surface area (Å²) in [7, 11) is 0. The highest BCUT2D eigenvalue weighted by molar-refractivity contribution is 6.16. The van der Waals surface area contributed by atoms with Gasteiger partial charge in [-0.1, -0.05) is 13.2 Å². The molecule has 0 spiro atoms. The quantitative estimate of drug-likeness (QED) is 0.554. The molecule has 0 atom stereocenters. The van der Waals surface area contributed by atoms with Gasteiger partial charge in [-0.3, -0.25) is 4.99 Å². The lowest BCUT2D eigenvalue weighted by molar-refractivity contribution is 1.05. The minimum Gasteiger partial charge on any atom is -0.348 e. The second kappa shape index (κ2) is 6.70. The van der Waals surface area contributed by atoms with Crippen LogP contribution in [0, 0.1) is 0 Å². The van der Waals surface area contributed by atoms with Crippen molar-refractivity contribution in [3.05, 3.63) is 25.2 Å². The number of hydrogen-bond donors (Lipinski definition) is 2. The zero-order chi connectivity index (χ0) is 8.53. The fourth-order valence-corrected chi connectivity index (χ4v) is 0.386. The molecule has 0 aromatic rings. The Balaban J connectivity index is 3.64. The second-order valence-electron chi connectivity index (χ2n) is 1.59. The molecule has 0 saturated carbocycles. The van der Waals surface area contributed by atoms with Gasteiger partial charge in [0.25, 0.3) is 0 Å². The van der Waals surface area contributed by atoms with E-state index in [1.165, 1.54) is 18.6 Å². The summed E-state index contributed by atoms with van der Waals surface area (Å²) in [5.74, 6) is 0.517. The summed E-state index contributed by atoms with van der Waals surface area (Å²) < 4.78 is 0. The largest absolute Gasteiger partial charge is 0.348 e. The molecule has 3 N–H and O–H groups in total. The average molecular weight is 152 g/mol. The second-order valence-corrected chi connectivity index (χ2v) is 1.59. The van der Waals surface area contributed by atoms with Crippen LogP contribution >= 0.6 is 0 Å². The first-order valence-corrected chi connectivity index (χ1v) is 3.10. The minimum absolute atomic E-state index is 0.271. The van der Waals surface area contributed by atoms with Gasteiger partial charge >= 0.3 is 0 Å². The van der Waals surface area contributed by atoms with E-state index in [0.29, 0.717) is 5.82 Å². The molecule has 0 fully saturated rings. The van der Waals surface area contributed by atoms with Gasteiger partial charge in [-0.05, 0) is 6.20 Å². The molecule has 11 heavy (non-hydrogen) atoms. The molecule has 0 aliphatic carbocycles. The molecule has 0 radical (unpaired) electrons. The molecule has 0 saturated heterocycles. The van der Waals surface area contributed by atoms with Crippen LogP contribution in [0.25, 0.3) is 0 Å². The topological polar surface area (TPSA) is 62.8 Å². The predicted molar refractivity (Wildman–Crippen MR) is 48.5 cm³/mol. The first kappa shape index (κ1) is 9.58. The summed E-state index contributed by atoms with van der Waals surface area (Å²) in [6.07, 6.45) is 4.52. The van der Waals surface area contributed by atoms with E-state index in [1.54, 1.807) is 0 Å². The van der Waals surface area contributed by atoms with Crippen molar-refractivity contribution >= 4 is 12.4 Å². The Morgan fingerprint density at radius 3 is 2.82 bits per heavy atom. The molecule has 60 valence electrons. The van der Waals surface area contributed by atoms with E-state index in [4.69, 9.17) is 5.73 Å². The van der Waals surface area contributed by atoms with Gasteiger partial charge in [-0.25, -0.2) is 4.99 Å². The Labute approximate surface area is 66.2 Å².